The first-order valence-corrected chi connectivity index (χ1v) is 30.4. The molecule has 6 heteroatoms. The Balaban J connectivity index is 4.38. The van der Waals surface area contributed by atoms with Crippen LogP contribution in [0.1, 0.15) is 303 Å². The molecule has 0 heterocycles. The molecule has 0 bridgehead atoms. The van der Waals surface area contributed by atoms with E-state index in [1.165, 1.54) is 167 Å². The van der Waals surface area contributed by atoms with E-state index in [1.807, 2.05) is 0 Å². The number of ether oxygens (including phenoxy) is 3. The number of carbonyl (C=O) groups excluding carboxylic acids is 3. The number of carbonyl (C=O) groups is 3. The van der Waals surface area contributed by atoms with Crippen LogP contribution in [-0.4, -0.2) is 37.2 Å². The summed E-state index contributed by atoms with van der Waals surface area (Å²) in [6, 6.07) is 0. The van der Waals surface area contributed by atoms with Crippen molar-refractivity contribution in [1.82, 2.24) is 0 Å². The topological polar surface area (TPSA) is 78.9 Å². The van der Waals surface area contributed by atoms with Gasteiger partial charge in [0.05, 0.1) is 0 Å². The Morgan fingerprint density at radius 3 is 0.887 bits per heavy atom. The van der Waals surface area contributed by atoms with Crippen LogP contribution in [0, 0.1) is 0 Å². The van der Waals surface area contributed by atoms with Crippen LogP contribution in [0.3, 0.4) is 0 Å². The summed E-state index contributed by atoms with van der Waals surface area (Å²) in [4.78, 5) is 38.2. The van der Waals surface area contributed by atoms with Gasteiger partial charge in [0.2, 0.25) is 0 Å². The minimum absolute atomic E-state index is 0.0859. The van der Waals surface area contributed by atoms with Gasteiger partial charge in [0, 0.05) is 19.3 Å². The second-order valence-electron chi connectivity index (χ2n) is 20.2. The zero-order chi connectivity index (χ0) is 51.4. The van der Waals surface area contributed by atoms with Crippen molar-refractivity contribution in [1.29, 1.82) is 0 Å². The third-order valence-electron chi connectivity index (χ3n) is 13.2. The fraction of sp³-hybridized carbons (Fsp3) is 0.769. The molecule has 1 atom stereocenters. The zero-order valence-electron chi connectivity index (χ0n) is 47.0. The van der Waals surface area contributed by atoms with Crippen LogP contribution in [-0.2, 0) is 28.6 Å². The van der Waals surface area contributed by atoms with Crippen molar-refractivity contribution in [3.63, 3.8) is 0 Å². The maximum atomic E-state index is 12.9. The number of hydrogen-bond acceptors (Lipinski definition) is 6. The lowest BCUT2D eigenvalue weighted by atomic mass is 10.0. The maximum Gasteiger partial charge on any atom is 0.306 e. The lowest BCUT2D eigenvalue weighted by Gasteiger charge is -2.18. The van der Waals surface area contributed by atoms with Crippen LogP contribution in [0.4, 0.5) is 0 Å². The van der Waals surface area contributed by atoms with Crippen molar-refractivity contribution < 1.29 is 28.6 Å². The predicted molar refractivity (Wildman–Crippen MR) is 307 cm³/mol. The second kappa shape index (κ2) is 59.4. The Morgan fingerprint density at radius 1 is 0.296 bits per heavy atom. The Hall–Kier alpha value is -3.15. The molecule has 0 aromatic rings. The van der Waals surface area contributed by atoms with E-state index in [2.05, 4.69) is 93.7 Å². The van der Waals surface area contributed by atoms with Crippen LogP contribution < -0.4 is 0 Å². The summed E-state index contributed by atoms with van der Waals surface area (Å²) in [5.41, 5.74) is 0. The Morgan fingerprint density at radius 2 is 0.549 bits per heavy atom. The molecule has 0 amide bonds. The highest BCUT2D eigenvalue weighted by molar-refractivity contribution is 5.71. The van der Waals surface area contributed by atoms with Gasteiger partial charge in [-0.3, -0.25) is 14.4 Å². The van der Waals surface area contributed by atoms with E-state index in [9.17, 15) is 14.4 Å². The van der Waals surface area contributed by atoms with Gasteiger partial charge in [-0.25, -0.2) is 0 Å². The lowest BCUT2D eigenvalue weighted by Crippen LogP contribution is -2.30. The van der Waals surface area contributed by atoms with Gasteiger partial charge in [-0.1, -0.05) is 248 Å². The third-order valence-corrected chi connectivity index (χ3v) is 13.2. The molecule has 0 saturated carbocycles. The molecule has 0 spiro atoms. The van der Waals surface area contributed by atoms with E-state index in [4.69, 9.17) is 14.2 Å². The smallest absolute Gasteiger partial charge is 0.306 e. The minimum atomic E-state index is -0.791. The summed E-state index contributed by atoms with van der Waals surface area (Å²) in [5, 5.41) is 0. The monoisotopic (exact) mass is 991 g/mol. The first kappa shape index (κ1) is 67.8. The maximum absolute atomic E-state index is 12.9. The summed E-state index contributed by atoms with van der Waals surface area (Å²) < 4.78 is 16.9. The normalized spacial score (nSPS) is 12.5. The van der Waals surface area contributed by atoms with Crippen LogP contribution in [0.2, 0.25) is 0 Å². The molecule has 0 saturated heterocycles. The second-order valence-corrected chi connectivity index (χ2v) is 20.2. The molecular weight excluding hydrogens is 877 g/mol. The number of unbranched alkanes of at least 4 members (excludes halogenated alkanes) is 32. The van der Waals surface area contributed by atoms with Gasteiger partial charge >= 0.3 is 17.9 Å². The Labute approximate surface area is 440 Å². The molecule has 410 valence electrons. The van der Waals surface area contributed by atoms with Gasteiger partial charge in [0.25, 0.3) is 0 Å². The summed E-state index contributed by atoms with van der Waals surface area (Å²) in [6.45, 7) is 6.52. The molecule has 0 aromatic heterocycles. The van der Waals surface area contributed by atoms with Crippen molar-refractivity contribution in [2.75, 3.05) is 13.2 Å². The van der Waals surface area contributed by atoms with Gasteiger partial charge in [0.1, 0.15) is 13.2 Å². The highest BCUT2D eigenvalue weighted by Crippen LogP contribution is 2.16. The van der Waals surface area contributed by atoms with E-state index in [0.717, 1.165) is 96.3 Å². The quantitative estimate of drug-likeness (QED) is 0.0261. The van der Waals surface area contributed by atoms with E-state index in [1.54, 1.807) is 0 Å². The van der Waals surface area contributed by atoms with Crippen molar-refractivity contribution in [3.05, 3.63) is 72.9 Å². The van der Waals surface area contributed by atoms with Crippen molar-refractivity contribution in [2.24, 2.45) is 0 Å². The first-order valence-electron chi connectivity index (χ1n) is 30.4. The number of rotatable bonds is 55. The molecular formula is C65H114O6. The fourth-order valence-corrected chi connectivity index (χ4v) is 8.60. The van der Waals surface area contributed by atoms with Gasteiger partial charge in [-0.2, -0.15) is 0 Å². The molecule has 71 heavy (non-hydrogen) atoms. The molecule has 0 unspecified atom stereocenters. The number of esters is 3. The van der Waals surface area contributed by atoms with Crippen LogP contribution in [0.15, 0.2) is 72.9 Å². The largest absolute Gasteiger partial charge is 0.462 e. The minimum Gasteiger partial charge on any atom is -0.462 e. The third kappa shape index (κ3) is 57.6. The highest BCUT2D eigenvalue weighted by Gasteiger charge is 2.19. The van der Waals surface area contributed by atoms with E-state index >= 15 is 0 Å². The average molecular weight is 992 g/mol. The first-order chi connectivity index (χ1) is 35.0. The molecule has 0 aliphatic carbocycles. The van der Waals surface area contributed by atoms with Crippen LogP contribution in [0.25, 0.3) is 0 Å². The van der Waals surface area contributed by atoms with E-state index in [0.29, 0.717) is 19.3 Å². The molecule has 0 radical (unpaired) electrons. The molecule has 0 aliphatic heterocycles. The summed E-state index contributed by atoms with van der Waals surface area (Å²) in [5.74, 6) is -0.904. The van der Waals surface area contributed by atoms with Crippen LogP contribution >= 0.6 is 0 Å². The molecule has 6 nitrogen and oxygen atoms in total. The molecule has 0 fully saturated rings. The number of allylic oxidation sites excluding steroid dienone is 12. The molecule has 0 N–H and O–H groups in total. The van der Waals surface area contributed by atoms with E-state index in [-0.39, 0.29) is 31.1 Å². The van der Waals surface area contributed by atoms with Gasteiger partial charge in [-0.15, -0.1) is 0 Å². The Kier molecular flexibility index (Phi) is 56.8. The van der Waals surface area contributed by atoms with Crippen molar-refractivity contribution >= 4 is 17.9 Å². The molecule has 0 aliphatic rings. The summed E-state index contributed by atoms with van der Waals surface area (Å²) in [6.07, 6.45) is 76.1. The standard InChI is InChI=1S/C65H114O6/c1-4-7-10-13-16-19-22-25-28-30-31-32-33-35-37-40-43-46-49-52-55-58-64(67)70-61-62(60-69-63(66)57-54-51-48-45-42-39-36-27-24-21-18-15-12-9-6-3)71-65(68)59-56-53-50-47-44-41-38-34-29-26-23-20-17-14-11-8-5-2/h8,11,17,20-21,24-26,28-29,38,41,62H,4-7,9-10,12-16,18-19,22-23,27,30-37,39-40,42-61H2,1-3H3/b11-8-,20-17-,24-21-,28-25-,29-26-,41-38-/t62-/m0/s1. The fourth-order valence-electron chi connectivity index (χ4n) is 8.60. The van der Waals surface area contributed by atoms with Crippen molar-refractivity contribution in [3.8, 4) is 0 Å². The zero-order valence-corrected chi connectivity index (χ0v) is 47.0. The lowest BCUT2D eigenvalue weighted by molar-refractivity contribution is -0.167. The summed E-state index contributed by atoms with van der Waals surface area (Å²) >= 11 is 0. The number of hydrogen-bond donors (Lipinski definition) is 0. The SMILES string of the molecule is CC/C=C\C/C=C\C/C=C\C/C=C\CCCCCCC(=O)O[C@@H](COC(=O)CCCCCCCCC/C=C\CCCCCC)COC(=O)CCCCCCCCCCCCC/C=C\CCCCCCCC. The molecule has 0 aromatic carbocycles. The van der Waals surface area contributed by atoms with Gasteiger partial charge in [-0.05, 0) is 109 Å². The summed E-state index contributed by atoms with van der Waals surface area (Å²) in [7, 11) is 0. The van der Waals surface area contributed by atoms with Gasteiger partial charge < -0.3 is 14.2 Å². The highest BCUT2D eigenvalue weighted by atomic mass is 16.6. The van der Waals surface area contributed by atoms with Gasteiger partial charge in [0.15, 0.2) is 6.10 Å². The average Bonchev–Trinajstić information content (AvgIpc) is 3.37. The molecule has 0 rings (SSSR count). The van der Waals surface area contributed by atoms with E-state index < -0.39 is 6.10 Å². The van der Waals surface area contributed by atoms with Crippen molar-refractivity contribution in [2.45, 2.75) is 309 Å². The predicted octanol–water partition coefficient (Wildman–Crippen LogP) is 20.5. The Bertz CT molecular complexity index is 1320. The van der Waals surface area contributed by atoms with Crippen LogP contribution in [0.5, 0.6) is 0 Å².